The highest BCUT2D eigenvalue weighted by molar-refractivity contribution is 5.87. The molecule has 1 rings (SSSR count). The number of amides is 1. The maximum atomic E-state index is 12.1. The molecule has 1 aromatic rings. The quantitative estimate of drug-likeness (QED) is 0.591. The van der Waals surface area contributed by atoms with Crippen molar-refractivity contribution in [2.24, 2.45) is 0 Å². The number of carboxylic acid groups (broad SMARTS) is 1. The van der Waals surface area contributed by atoms with Crippen molar-refractivity contribution in [1.82, 2.24) is 5.32 Å². The Morgan fingerprint density at radius 1 is 1.43 bits per heavy atom. The van der Waals surface area contributed by atoms with Crippen LogP contribution < -0.4 is 5.32 Å². The van der Waals surface area contributed by atoms with Crippen molar-refractivity contribution in [2.75, 3.05) is 0 Å². The SMILES string of the molecule is CCCC(NC(=O)C(C)c1cccc([N+](=O)[O-])c1)C(=O)O. The largest absolute Gasteiger partial charge is 0.480 e. The summed E-state index contributed by atoms with van der Waals surface area (Å²) in [5.41, 5.74) is 0.373. The van der Waals surface area contributed by atoms with Gasteiger partial charge in [-0.1, -0.05) is 25.5 Å². The smallest absolute Gasteiger partial charge is 0.326 e. The number of nitrogens with one attached hydrogen (secondary N) is 1. The van der Waals surface area contributed by atoms with Crippen LogP contribution in [0.5, 0.6) is 0 Å². The standard InChI is InChI=1S/C14H18N2O5/c1-3-5-12(14(18)19)15-13(17)9(2)10-6-4-7-11(8-10)16(20)21/h4,6-9,12H,3,5H2,1-2H3,(H,15,17)(H,18,19). The van der Waals surface area contributed by atoms with Crippen LogP contribution in [0.1, 0.15) is 38.2 Å². The molecule has 1 amide bonds. The minimum atomic E-state index is -1.09. The summed E-state index contributed by atoms with van der Waals surface area (Å²) in [5, 5.41) is 22.2. The fourth-order valence-corrected chi connectivity index (χ4v) is 1.90. The number of hydrogen-bond donors (Lipinski definition) is 2. The molecule has 0 radical (unpaired) electrons. The number of aliphatic carboxylic acids is 1. The van der Waals surface area contributed by atoms with Gasteiger partial charge in [0, 0.05) is 12.1 Å². The highest BCUT2D eigenvalue weighted by Crippen LogP contribution is 2.21. The van der Waals surface area contributed by atoms with Crippen LogP contribution in [0.25, 0.3) is 0 Å². The van der Waals surface area contributed by atoms with Gasteiger partial charge in [-0.2, -0.15) is 0 Å². The van der Waals surface area contributed by atoms with Gasteiger partial charge in [0.25, 0.3) is 5.69 Å². The van der Waals surface area contributed by atoms with Crippen molar-refractivity contribution < 1.29 is 19.6 Å². The third-order valence-electron chi connectivity index (χ3n) is 3.17. The molecule has 7 heteroatoms. The number of rotatable bonds is 7. The zero-order valence-electron chi connectivity index (χ0n) is 11.9. The van der Waals surface area contributed by atoms with Crippen LogP contribution in [0.2, 0.25) is 0 Å². The van der Waals surface area contributed by atoms with E-state index in [1.165, 1.54) is 18.2 Å². The van der Waals surface area contributed by atoms with Crippen LogP contribution in [0.3, 0.4) is 0 Å². The van der Waals surface area contributed by atoms with Crippen molar-refractivity contribution in [1.29, 1.82) is 0 Å². The predicted molar refractivity (Wildman–Crippen MR) is 76.0 cm³/mol. The first-order valence-corrected chi connectivity index (χ1v) is 6.64. The van der Waals surface area contributed by atoms with E-state index in [1.54, 1.807) is 13.0 Å². The molecule has 2 atom stereocenters. The predicted octanol–water partition coefficient (Wildman–Crippen LogP) is 2.07. The number of hydrogen-bond acceptors (Lipinski definition) is 4. The van der Waals surface area contributed by atoms with Gasteiger partial charge in [-0.3, -0.25) is 14.9 Å². The van der Waals surface area contributed by atoms with Gasteiger partial charge < -0.3 is 10.4 Å². The zero-order chi connectivity index (χ0) is 16.0. The molecule has 0 aliphatic heterocycles. The summed E-state index contributed by atoms with van der Waals surface area (Å²) in [7, 11) is 0. The molecular weight excluding hydrogens is 276 g/mol. The minimum absolute atomic E-state index is 0.101. The molecule has 0 bridgehead atoms. The maximum absolute atomic E-state index is 12.1. The molecule has 0 fully saturated rings. The van der Waals surface area contributed by atoms with E-state index in [0.29, 0.717) is 18.4 Å². The van der Waals surface area contributed by atoms with Gasteiger partial charge in [0.2, 0.25) is 5.91 Å². The number of carboxylic acids is 1. The Morgan fingerprint density at radius 2 is 2.10 bits per heavy atom. The van der Waals surface area contributed by atoms with Crippen molar-refractivity contribution in [3.8, 4) is 0 Å². The lowest BCUT2D eigenvalue weighted by Crippen LogP contribution is -2.42. The summed E-state index contributed by atoms with van der Waals surface area (Å²) >= 11 is 0. The molecule has 0 saturated carbocycles. The molecule has 1 aromatic carbocycles. The highest BCUT2D eigenvalue weighted by atomic mass is 16.6. The normalized spacial score (nSPS) is 13.2. The summed E-state index contributed by atoms with van der Waals surface area (Å²) in [6.07, 6.45) is 0.963. The average molecular weight is 294 g/mol. The molecule has 21 heavy (non-hydrogen) atoms. The summed E-state index contributed by atoms with van der Waals surface area (Å²) in [4.78, 5) is 33.3. The van der Waals surface area contributed by atoms with E-state index >= 15 is 0 Å². The number of carbonyl (C=O) groups excluding carboxylic acids is 1. The lowest BCUT2D eigenvalue weighted by Gasteiger charge is -2.17. The average Bonchev–Trinajstić information content (AvgIpc) is 2.45. The van der Waals surface area contributed by atoms with Gasteiger partial charge in [-0.15, -0.1) is 0 Å². The summed E-state index contributed by atoms with van der Waals surface area (Å²) in [6.45, 7) is 3.41. The lowest BCUT2D eigenvalue weighted by atomic mass is 9.99. The topological polar surface area (TPSA) is 110 Å². The van der Waals surface area contributed by atoms with E-state index < -0.39 is 28.8 Å². The lowest BCUT2D eigenvalue weighted by molar-refractivity contribution is -0.384. The van der Waals surface area contributed by atoms with Crippen LogP contribution in [-0.4, -0.2) is 27.9 Å². The third-order valence-corrected chi connectivity index (χ3v) is 3.17. The van der Waals surface area contributed by atoms with Gasteiger partial charge in [0.1, 0.15) is 6.04 Å². The Kier molecular flexibility index (Phi) is 5.83. The van der Waals surface area contributed by atoms with Gasteiger partial charge in [0.05, 0.1) is 10.8 Å². The molecule has 0 saturated heterocycles. The molecule has 2 N–H and O–H groups in total. The molecule has 2 unspecified atom stereocenters. The van der Waals surface area contributed by atoms with E-state index in [1.807, 2.05) is 6.92 Å². The van der Waals surface area contributed by atoms with E-state index in [0.717, 1.165) is 0 Å². The van der Waals surface area contributed by atoms with E-state index in [9.17, 15) is 19.7 Å². The Bertz CT molecular complexity index is 544. The van der Waals surface area contributed by atoms with Crippen molar-refractivity contribution in [3.63, 3.8) is 0 Å². The Hall–Kier alpha value is -2.44. The van der Waals surface area contributed by atoms with Crippen LogP contribution in [-0.2, 0) is 9.59 Å². The summed E-state index contributed by atoms with van der Waals surface area (Å²) < 4.78 is 0. The fraction of sp³-hybridized carbons (Fsp3) is 0.429. The number of non-ortho nitro benzene ring substituents is 1. The number of benzene rings is 1. The van der Waals surface area contributed by atoms with E-state index in [2.05, 4.69) is 5.32 Å². The molecule has 7 nitrogen and oxygen atoms in total. The van der Waals surface area contributed by atoms with Crippen LogP contribution in [0.4, 0.5) is 5.69 Å². The van der Waals surface area contributed by atoms with Gasteiger partial charge in [-0.25, -0.2) is 4.79 Å². The van der Waals surface area contributed by atoms with E-state index in [4.69, 9.17) is 5.11 Å². The van der Waals surface area contributed by atoms with Gasteiger partial charge in [-0.05, 0) is 18.9 Å². The monoisotopic (exact) mass is 294 g/mol. The van der Waals surface area contributed by atoms with Crippen molar-refractivity contribution in [3.05, 3.63) is 39.9 Å². The summed E-state index contributed by atoms with van der Waals surface area (Å²) in [5.74, 6) is -2.21. The highest BCUT2D eigenvalue weighted by Gasteiger charge is 2.23. The second kappa shape index (κ2) is 7.37. The number of nitrogens with zero attached hydrogens (tertiary/aromatic N) is 1. The summed E-state index contributed by atoms with van der Waals surface area (Å²) in [6, 6.07) is 4.82. The maximum Gasteiger partial charge on any atom is 0.326 e. The molecule has 114 valence electrons. The second-order valence-electron chi connectivity index (χ2n) is 4.76. The first-order chi connectivity index (χ1) is 9.86. The Morgan fingerprint density at radius 3 is 2.62 bits per heavy atom. The second-order valence-corrected chi connectivity index (χ2v) is 4.76. The number of carbonyl (C=O) groups is 2. The number of nitro groups is 1. The molecule has 0 heterocycles. The minimum Gasteiger partial charge on any atom is -0.480 e. The fourth-order valence-electron chi connectivity index (χ4n) is 1.90. The van der Waals surface area contributed by atoms with Crippen LogP contribution in [0.15, 0.2) is 24.3 Å². The molecule has 0 spiro atoms. The number of nitro benzene ring substituents is 1. The van der Waals surface area contributed by atoms with Crippen LogP contribution >= 0.6 is 0 Å². The Labute approximate surface area is 122 Å². The first kappa shape index (κ1) is 16.6. The van der Waals surface area contributed by atoms with E-state index in [-0.39, 0.29) is 5.69 Å². The molecule has 0 aromatic heterocycles. The Balaban J connectivity index is 2.84. The van der Waals surface area contributed by atoms with Gasteiger partial charge >= 0.3 is 5.97 Å². The molecule has 0 aliphatic carbocycles. The van der Waals surface area contributed by atoms with Crippen molar-refractivity contribution >= 4 is 17.6 Å². The van der Waals surface area contributed by atoms with Gasteiger partial charge in [0.15, 0.2) is 0 Å². The zero-order valence-corrected chi connectivity index (χ0v) is 11.9. The third kappa shape index (κ3) is 4.55. The molecule has 0 aliphatic rings. The first-order valence-electron chi connectivity index (χ1n) is 6.64. The van der Waals surface area contributed by atoms with Crippen LogP contribution in [0, 0.1) is 10.1 Å². The van der Waals surface area contributed by atoms with Crippen molar-refractivity contribution in [2.45, 2.75) is 38.6 Å². The molecular formula is C14H18N2O5.